The van der Waals surface area contributed by atoms with E-state index in [1.165, 1.54) is 22.7 Å². The lowest BCUT2D eigenvalue weighted by Crippen LogP contribution is -2.20. The molecule has 2 heterocycles. The third kappa shape index (κ3) is 4.43. The number of carbonyl (C=O) groups is 2. The first kappa shape index (κ1) is 24.2. The van der Waals surface area contributed by atoms with Crippen molar-refractivity contribution in [1.29, 1.82) is 10.5 Å². The van der Waals surface area contributed by atoms with E-state index in [4.69, 9.17) is 0 Å². The third-order valence-corrected chi connectivity index (χ3v) is 9.46. The molecule has 3 aromatic rings. The Hall–Kier alpha value is -3.46. The van der Waals surface area contributed by atoms with Crippen LogP contribution in [0.3, 0.4) is 0 Å². The SMILES string of the molecule is CC1CCc2c(sc(NC(=O)c3ccccc3C(=O)Nc3sc4c(c3C#N)CCC(C)C4)c2C#N)C1. The number of amides is 2. The van der Waals surface area contributed by atoms with Crippen molar-refractivity contribution in [3.8, 4) is 12.1 Å². The van der Waals surface area contributed by atoms with E-state index in [-0.39, 0.29) is 11.1 Å². The fourth-order valence-electron chi connectivity index (χ4n) is 5.13. The molecule has 0 saturated heterocycles. The Morgan fingerprint density at radius 1 is 0.806 bits per heavy atom. The maximum Gasteiger partial charge on any atom is 0.257 e. The van der Waals surface area contributed by atoms with Crippen LogP contribution in [0.1, 0.15) is 79.4 Å². The van der Waals surface area contributed by atoms with E-state index < -0.39 is 11.8 Å². The van der Waals surface area contributed by atoms with Crippen LogP contribution in [0.2, 0.25) is 0 Å². The van der Waals surface area contributed by atoms with Crippen molar-refractivity contribution < 1.29 is 9.59 Å². The molecule has 2 N–H and O–H groups in total. The van der Waals surface area contributed by atoms with Crippen LogP contribution in [0.5, 0.6) is 0 Å². The Morgan fingerprint density at radius 2 is 1.22 bits per heavy atom. The molecule has 2 amide bonds. The molecule has 2 atom stereocenters. The molecule has 8 heteroatoms. The second-order valence-corrected chi connectivity index (χ2v) is 12.0. The summed E-state index contributed by atoms with van der Waals surface area (Å²) < 4.78 is 0. The summed E-state index contributed by atoms with van der Waals surface area (Å²) in [6.45, 7) is 4.40. The summed E-state index contributed by atoms with van der Waals surface area (Å²) in [5.74, 6) is 0.257. The number of anilines is 2. The highest BCUT2D eigenvalue weighted by Gasteiger charge is 2.28. The molecule has 2 aromatic heterocycles. The zero-order valence-electron chi connectivity index (χ0n) is 20.2. The van der Waals surface area contributed by atoms with E-state index >= 15 is 0 Å². The van der Waals surface area contributed by atoms with Gasteiger partial charge in [0.1, 0.15) is 22.1 Å². The Bertz CT molecular complexity index is 1340. The number of hydrogen-bond donors (Lipinski definition) is 2. The highest BCUT2D eigenvalue weighted by atomic mass is 32.1. The summed E-state index contributed by atoms with van der Waals surface area (Å²) in [5, 5.41) is 26.4. The van der Waals surface area contributed by atoms with Gasteiger partial charge in [-0.3, -0.25) is 9.59 Å². The van der Waals surface area contributed by atoms with Crippen molar-refractivity contribution in [2.75, 3.05) is 10.6 Å². The van der Waals surface area contributed by atoms with Crippen molar-refractivity contribution in [1.82, 2.24) is 0 Å². The lowest BCUT2D eigenvalue weighted by atomic mass is 9.88. The van der Waals surface area contributed by atoms with Gasteiger partial charge in [-0.05, 0) is 73.6 Å². The lowest BCUT2D eigenvalue weighted by Gasteiger charge is -2.17. The van der Waals surface area contributed by atoms with Crippen LogP contribution in [0.15, 0.2) is 24.3 Å². The second-order valence-electron chi connectivity index (χ2n) is 9.79. The molecular weight excluding hydrogens is 488 g/mol. The van der Waals surface area contributed by atoms with E-state index in [0.29, 0.717) is 33.0 Å². The zero-order valence-corrected chi connectivity index (χ0v) is 21.9. The minimum absolute atomic E-state index is 0.229. The molecule has 2 aliphatic carbocycles. The molecule has 0 aliphatic heterocycles. The van der Waals surface area contributed by atoms with E-state index in [9.17, 15) is 20.1 Å². The number of thiophene rings is 2. The van der Waals surface area contributed by atoms with Crippen molar-refractivity contribution >= 4 is 44.5 Å². The molecule has 2 aliphatic rings. The number of fused-ring (bicyclic) bond motifs is 2. The van der Waals surface area contributed by atoms with Crippen LogP contribution < -0.4 is 10.6 Å². The average molecular weight is 515 g/mol. The van der Waals surface area contributed by atoms with Crippen LogP contribution in [-0.4, -0.2) is 11.8 Å². The van der Waals surface area contributed by atoms with Gasteiger partial charge in [-0.1, -0.05) is 26.0 Å². The molecule has 36 heavy (non-hydrogen) atoms. The maximum absolute atomic E-state index is 13.3. The Kier molecular flexibility index (Phi) is 6.66. The van der Waals surface area contributed by atoms with Crippen molar-refractivity contribution in [3.05, 3.63) is 67.4 Å². The van der Waals surface area contributed by atoms with Crippen molar-refractivity contribution in [2.24, 2.45) is 11.8 Å². The Balaban J connectivity index is 1.41. The van der Waals surface area contributed by atoms with Gasteiger partial charge in [0.2, 0.25) is 0 Å². The number of nitriles is 2. The lowest BCUT2D eigenvalue weighted by molar-refractivity contribution is 0.0991. The number of carbonyl (C=O) groups excluding carboxylic acids is 2. The topological polar surface area (TPSA) is 106 Å². The van der Waals surface area contributed by atoms with Gasteiger partial charge >= 0.3 is 0 Å². The number of nitrogens with one attached hydrogen (secondary N) is 2. The van der Waals surface area contributed by atoms with Crippen LogP contribution in [-0.2, 0) is 25.7 Å². The molecule has 0 spiro atoms. The van der Waals surface area contributed by atoms with Gasteiger partial charge in [0, 0.05) is 9.75 Å². The summed E-state index contributed by atoms with van der Waals surface area (Å²) in [7, 11) is 0. The van der Waals surface area contributed by atoms with Gasteiger partial charge in [-0.25, -0.2) is 0 Å². The molecule has 6 nitrogen and oxygen atoms in total. The molecule has 0 bridgehead atoms. The Morgan fingerprint density at radius 3 is 1.61 bits per heavy atom. The minimum Gasteiger partial charge on any atom is -0.312 e. The molecule has 182 valence electrons. The monoisotopic (exact) mass is 514 g/mol. The summed E-state index contributed by atoms with van der Waals surface area (Å²) in [6.07, 6.45) is 5.57. The van der Waals surface area contributed by atoms with Gasteiger partial charge in [-0.2, -0.15) is 10.5 Å². The van der Waals surface area contributed by atoms with E-state index in [2.05, 4.69) is 36.6 Å². The standard InChI is InChI=1S/C28H26N4O2S2/c1-15-7-9-17-21(13-29)27(35-23(17)11-15)31-25(33)19-5-3-4-6-20(19)26(34)32-28-22(14-30)18-10-8-16(2)12-24(18)36-28/h3-6,15-16H,7-12H2,1-2H3,(H,31,33)(H,32,34). The van der Waals surface area contributed by atoms with E-state index in [1.807, 2.05) is 0 Å². The van der Waals surface area contributed by atoms with E-state index in [0.717, 1.165) is 59.4 Å². The molecule has 1 aromatic carbocycles. The predicted octanol–water partition coefficient (Wildman–Crippen LogP) is 6.31. The number of benzene rings is 1. The normalized spacial score (nSPS) is 18.3. The van der Waals surface area contributed by atoms with Gasteiger partial charge in [0.15, 0.2) is 0 Å². The van der Waals surface area contributed by atoms with Crippen LogP contribution in [0, 0.1) is 34.5 Å². The molecule has 0 fully saturated rings. The molecule has 2 unspecified atom stereocenters. The number of nitrogens with zero attached hydrogens (tertiary/aromatic N) is 2. The highest BCUT2D eigenvalue weighted by molar-refractivity contribution is 7.17. The fraction of sp³-hybridized carbons (Fsp3) is 0.357. The van der Waals surface area contributed by atoms with Crippen LogP contribution >= 0.6 is 22.7 Å². The smallest absolute Gasteiger partial charge is 0.257 e. The van der Waals surface area contributed by atoms with Gasteiger partial charge < -0.3 is 10.6 Å². The molecule has 0 saturated carbocycles. The summed E-state index contributed by atoms with van der Waals surface area (Å²) in [6, 6.07) is 11.2. The largest absolute Gasteiger partial charge is 0.312 e. The van der Waals surface area contributed by atoms with Gasteiger partial charge in [0.25, 0.3) is 11.8 Å². The van der Waals surface area contributed by atoms with Gasteiger partial charge in [0.05, 0.1) is 22.3 Å². The summed E-state index contributed by atoms with van der Waals surface area (Å²) >= 11 is 2.92. The zero-order chi connectivity index (χ0) is 25.4. The fourth-order valence-corrected chi connectivity index (χ4v) is 7.85. The van der Waals surface area contributed by atoms with Crippen molar-refractivity contribution in [3.63, 3.8) is 0 Å². The van der Waals surface area contributed by atoms with Crippen molar-refractivity contribution in [2.45, 2.75) is 52.4 Å². The van der Waals surface area contributed by atoms with Gasteiger partial charge in [-0.15, -0.1) is 22.7 Å². The molecular formula is C28H26N4O2S2. The first-order valence-corrected chi connectivity index (χ1v) is 13.8. The minimum atomic E-state index is -0.427. The highest BCUT2D eigenvalue weighted by Crippen LogP contribution is 2.40. The average Bonchev–Trinajstić information content (AvgIpc) is 3.39. The van der Waals surface area contributed by atoms with E-state index in [1.54, 1.807) is 24.3 Å². The third-order valence-electron chi connectivity index (χ3n) is 7.12. The summed E-state index contributed by atoms with van der Waals surface area (Å²) in [5.41, 5.74) is 3.62. The summed E-state index contributed by atoms with van der Waals surface area (Å²) in [4.78, 5) is 28.9. The molecule has 0 radical (unpaired) electrons. The first-order chi connectivity index (χ1) is 17.4. The first-order valence-electron chi connectivity index (χ1n) is 12.2. The molecule has 5 rings (SSSR count). The predicted molar refractivity (Wildman–Crippen MR) is 143 cm³/mol. The number of rotatable bonds is 4. The van der Waals surface area contributed by atoms with Crippen LogP contribution in [0.25, 0.3) is 0 Å². The quantitative estimate of drug-likeness (QED) is 0.426. The number of hydrogen-bond acceptors (Lipinski definition) is 6. The maximum atomic E-state index is 13.3. The van der Waals surface area contributed by atoms with Crippen LogP contribution in [0.4, 0.5) is 10.0 Å². The Labute approximate surface area is 218 Å². The second kappa shape index (κ2) is 9.89.